The van der Waals surface area contributed by atoms with Crippen LogP contribution in [0.2, 0.25) is 0 Å². The quantitative estimate of drug-likeness (QED) is 0.813. The van der Waals surface area contributed by atoms with E-state index in [1.165, 1.54) is 18.7 Å². The number of halogens is 2. The van der Waals surface area contributed by atoms with Gasteiger partial charge in [-0.25, -0.2) is 4.39 Å². The lowest BCUT2D eigenvalue weighted by atomic mass is 10.0. The number of nitrogens with one attached hydrogen (secondary N) is 1. The van der Waals surface area contributed by atoms with Crippen LogP contribution in [0, 0.1) is 5.82 Å². The molecule has 2 rings (SSSR count). The van der Waals surface area contributed by atoms with Crippen LogP contribution in [0.25, 0.3) is 0 Å². The van der Waals surface area contributed by atoms with Crippen molar-refractivity contribution in [3.63, 3.8) is 0 Å². The Hall–Kier alpha value is -1.55. The standard InChI is InChI=1S/C16H17BrFNO/c1-3-15(11-4-6-12(17)7-5-11)19-13-8-9-16(20-2)14(18)10-13/h4-10,15,19H,3H2,1-2H3. The van der Waals surface area contributed by atoms with Gasteiger partial charge in [-0.15, -0.1) is 0 Å². The van der Waals surface area contributed by atoms with Gasteiger partial charge in [-0.05, 0) is 36.2 Å². The van der Waals surface area contributed by atoms with Crippen molar-refractivity contribution >= 4 is 21.6 Å². The van der Waals surface area contributed by atoms with Gasteiger partial charge in [0.05, 0.1) is 13.2 Å². The zero-order valence-electron chi connectivity index (χ0n) is 11.5. The van der Waals surface area contributed by atoms with Crippen LogP contribution >= 0.6 is 15.9 Å². The molecule has 0 amide bonds. The monoisotopic (exact) mass is 337 g/mol. The summed E-state index contributed by atoms with van der Waals surface area (Å²) in [4.78, 5) is 0. The summed E-state index contributed by atoms with van der Waals surface area (Å²) in [6.07, 6.45) is 0.912. The van der Waals surface area contributed by atoms with Crippen LogP contribution in [0.1, 0.15) is 24.9 Å². The van der Waals surface area contributed by atoms with Gasteiger partial charge in [0.15, 0.2) is 11.6 Å². The van der Waals surface area contributed by atoms with Crippen molar-refractivity contribution in [2.45, 2.75) is 19.4 Å². The minimum atomic E-state index is -0.358. The highest BCUT2D eigenvalue weighted by Gasteiger charge is 2.10. The van der Waals surface area contributed by atoms with E-state index in [2.05, 4.69) is 40.3 Å². The molecule has 106 valence electrons. The minimum Gasteiger partial charge on any atom is -0.494 e. The molecule has 0 saturated carbocycles. The molecule has 0 aliphatic heterocycles. The van der Waals surface area contributed by atoms with Gasteiger partial charge >= 0.3 is 0 Å². The number of hydrogen-bond acceptors (Lipinski definition) is 2. The summed E-state index contributed by atoms with van der Waals surface area (Å²) < 4.78 is 19.7. The van der Waals surface area contributed by atoms with E-state index in [-0.39, 0.29) is 17.6 Å². The lowest BCUT2D eigenvalue weighted by Gasteiger charge is -2.19. The molecular formula is C16H17BrFNO. The van der Waals surface area contributed by atoms with E-state index in [0.717, 1.165) is 16.6 Å². The Morgan fingerprint density at radius 3 is 2.45 bits per heavy atom. The van der Waals surface area contributed by atoms with Crippen LogP contribution in [0.4, 0.5) is 10.1 Å². The molecule has 0 radical (unpaired) electrons. The van der Waals surface area contributed by atoms with E-state index >= 15 is 0 Å². The highest BCUT2D eigenvalue weighted by molar-refractivity contribution is 9.10. The molecule has 2 aromatic rings. The lowest BCUT2D eigenvalue weighted by molar-refractivity contribution is 0.386. The molecular weight excluding hydrogens is 321 g/mol. The summed E-state index contributed by atoms with van der Waals surface area (Å²) in [6, 6.07) is 13.2. The molecule has 2 nitrogen and oxygen atoms in total. The summed E-state index contributed by atoms with van der Waals surface area (Å²) in [7, 11) is 1.46. The second kappa shape index (κ2) is 6.75. The van der Waals surface area contributed by atoms with Gasteiger partial charge < -0.3 is 10.1 Å². The lowest BCUT2D eigenvalue weighted by Crippen LogP contribution is -2.09. The van der Waals surface area contributed by atoms with Crippen LogP contribution in [0.15, 0.2) is 46.9 Å². The van der Waals surface area contributed by atoms with Gasteiger partial charge in [-0.2, -0.15) is 0 Å². The third-order valence-electron chi connectivity index (χ3n) is 3.17. The number of rotatable bonds is 5. The molecule has 1 unspecified atom stereocenters. The maximum Gasteiger partial charge on any atom is 0.167 e. The molecule has 4 heteroatoms. The fourth-order valence-corrected chi connectivity index (χ4v) is 2.34. The van der Waals surface area contributed by atoms with Crippen LogP contribution in [-0.2, 0) is 0 Å². The Kier molecular flexibility index (Phi) is 5.01. The fraction of sp³-hybridized carbons (Fsp3) is 0.250. The Morgan fingerprint density at radius 1 is 1.20 bits per heavy atom. The Balaban J connectivity index is 2.17. The summed E-state index contributed by atoms with van der Waals surface area (Å²) in [5.74, 6) is -0.101. The Bertz CT molecular complexity index is 571. The van der Waals surface area contributed by atoms with Crippen molar-refractivity contribution in [3.05, 3.63) is 58.3 Å². The van der Waals surface area contributed by atoms with Crippen molar-refractivity contribution in [2.75, 3.05) is 12.4 Å². The summed E-state index contributed by atoms with van der Waals surface area (Å²) in [5.41, 5.74) is 1.92. The first-order valence-corrected chi connectivity index (χ1v) is 7.29. The molecule has 0 aliphatic rings. The SMILES string of the molecule is CCC(Nc1ccc(OC)c(F)c1)c1ccc(Br)cc1. The van der Waals surface area contributed by atoms with E-state index in [0.29, 0.717) is 0 Å². The van der Waals surface area contributed by atoms with Crippen molar-refractivity contribution in [2.24, 2.45) is 0 Å². The number of methoxy groups -OCH3 is 1. The molecule has 1 atom stereocenters. The number of anilines is 1. The van der Waals surface area contributed by atoms with Gasteiger partial charge in [0.25, 0.3) is 0 Å². The average Bonchev–Trinajstić information content (AvgIpc) is 2.46. The second-order valence-electron chi connectivity index (χ2n) is 4.51. The van der Waals surface area contributed by atoms with Crippen molar-refractivity contribution in [1.82, 2.24) is 0 Å². The van der Waals surface area contributed by atoms with E-state index < -0.39 is 0 Å². The third-order valence-corrected chi connectivity index (χ3v) is 3.70. The summed E-state index contributed by atoms with van der Waals surface area (Å²) in [5, 5.41) is 3.35. The maximum absolute atomic E-state index is 13.7. The van der Waals surface area contributed by atoms with Crippen molar-refractivity contribution < 1.29 is 9.13 Å². The molecule has 0 saturated heterocycles. The molecule has 2 aromatic carbocycles. The maximum atomic E-state index is 13.7. The zero-order chi connectivity index (χ0) is 14.5. The van der Waals surface area contributed by atoms with Gasteiger partial charge in [0, 0.05) is 16.2 Å². The first-order chi connectivity index (χ1) is 9.63. The van der Waals surface area contributed by atoms with E-state index in [9.17, 15) is 4.39 Å². The smallest absolute Gasteiger partial charge is 0.167 e. The van der Waals surface area contributed by atoms with Gasteiger partial charge in [0.2, 0.25) is 0 Å². The average molecular weight is 338 g/mol. The molecule has 0 bridgehead atoms. The van der Waals surface area contributed by atoms with E-state index in [4.69, 9.17) is 4.74 Å². The van der Waals surface area contributed by atoms with Crippen LogP contribution in [0.3, 0.4) is 0 Å². The molecule has 0 aliphatic carbocycles. The number of ether oxygens (including phenoxy) is 1. The van der Waals surface area contributed by atoms with Crippen molar-refractivity contribution in [3.8, 4) is 5.75 Å². The topological polar surface area (TPSA) is 21.3 Å². The van der Waals surface area contributed by atoms with Gasteiger partial charge in [-0.3, -0.25) is 0 Å². The molecule has 1 N–H and O–H groups in total. The Morgan fingerprint density at radius 2 is 1.90 bits per heavy atom. The van der Waals surface area contributed by atoms with Crippen LogP contribution in [0.5, 0.6) is 5.75 Å². The van der Waals surface area contributed by atoms with E-state index in [1.807, 2.05) is 18.2 Å². The normalized spacial score (nSPS) is 12.0. The highest BCUT2D eigenvalue weighted by Crippen LogP contribution is 2.26. The minimum absolute atomic E-state index is 0.149. The van der Waals surface area contributed by atoms with Crippen molar-refractivity contribution in [1.29, 1.82) is 0 Å². The van der Waals surface area contributed by atoms with Gasteiger partial charge in [0.1, 0.15) is 0 Å². The summed E-state index contributed by atoms with van der Waals surface area (Å²) in [6.45, 7) is 2.10. The number of benzene rings is 2. The molecule has 0 heterocycles. The second-order valence-corrected chi connectivity index (χ2v) is 5.42. The predicted molar refractivity (Wildman–Crippen MR) is 83.7 cm³/mol. The first kappa shape index (κ1) is 14.9. The first-order valence-electron chi connectivity index (χ1n) is 6.49. The molecule has 0 fully saturated rings. The highest BCUT2D eigenvalue weighted by atomic mass is 79.9. The fourth-order valence-electron chi connectivity index (χ4n) is 2.07. The molecule has 0 spiro atoms. The molecule has 20 heavy (non-hydrogen) atoms. The zero-order valence-corrected chi connectivity index (χ0v) is 13.1. The molecule has 0 aromatic heterocycles. The Labute approximate surface area is 127 Å². The van der Waals surface area contributed by atoms with Gasteiger partial charge in [-0.1, -0.05) is 35.0 Å². The van der Waals surface area contributed by atoms with Crippen LogP contribution < -0.4 is 10.1 Å². The predicted octanol–water partition coefficient (Wildman–Crippen LogP) is 5.16. The largest absolute Gasteiger partial charge is 0.494 e. The van der Waals surface area contributed by atoms with Crippen LogP contribution in [-0.4, -0.2) is 7.11 Å². The third kappa shape index (κ3) is 3.51. The summed E-state index contributed by atoms with van der Waals surface area (Å²) >= 11 is 3.42. The van der Waals surface area contributed by atoms with E-state index in [1.54, 1.807) is 6.07 Å². The number of hydrogen-bond donors (Lipinski definition) is 1.